The third kappa shape index (κ3) is 3.87. The highest BCUT2D eigenvalue weighted by molar-refractivity contribution is 5.51. The van der Waals surface area contributed by atoms with E-state index in [1.807, 2.05) is 0 Å². The van der Waals surface area contributed by atoms with Gasteiger partial charge in [-0.3, -0.25) is 9.48 Å². The van der Waals surface area contributed by atoms with Crippen molar-refractivity contribution < 1.29 is 4.58 Å². The molecule has 2 nitrogen and oxygen atoms in total. The average molecular weight is 321 g/mol. The Kier molecular flexibility index (Phi) is 4.75. The van der Waals surface area contributed by atoms with Crippen molar-refractivity contribution in [3.8, 4) is 0 Å². The van der Waals surface area contributed by atoms with E-state index in [9.17, 15) is 0 Å². The van der Waals surface area contributed by atoms with Gasteiger partial charge < -0.3 is 0 Å². The molecule has 0 bridgehead atoms. The Balaban J connectivity index is 1.72. The predicted octanol–water partition coefficient (Wildman–Crippen LogP) is 4.29. The molecule has 2 heteroatoms. The molecule has 1 heterocycles. The van der Waals surface area contributed by atoms with E-state index in [-0.39, 0.29) is 0 Å². The van der Waals surface area contributed by atoms with Crippen LogP contribution in [0.2, 0.25) is 0 Å². The maximum atomic E-state index is 2.45. The lowest BCUT2D eigenvalue weighted by atomic mass is 9.99. The van der Waals surface area contributed by atoms with E-state index < -0.39 is 0 Å². The molecule has 2 aromatic carbocycles. The minimum atomic E-state index is 1.00. The zero-order valence-corrected chi connectivity index (χ0v) is 15.7. The van der Waals surface area contributed by atoms with Crippen LogP contribution >= 0.6 is 0 Å². The quantitative estimate of drug-likeness (QED) is 0.762. The van der Waals surface area contributed by atoms with Crippen molar-refractivity contribution >= 4 is 6.34 Å². The van der Waals surface area contributed by atoms with E-state index in [2.05, 4.69) is 80.8 Å². The van der Waals surface area contributed by atoms with Crippen LogP contribution in [0.4, 0.5) is 0 Å². The van der Waals surface area contributed by atoms with E-state index in [0.717, 1.165) is 26.2 Å². The van der Waals surface area contributed by atoms with Crippen LogP contribution in [0.25, 0.3) is 0 Å². The van der Waals surface area contributed by atoms with Gasteiger partial charge in [-0.25, -0.2) is 0 Å². The first kappa shape index (κ1) is 16.8. The fourth-order valence-corrected chi connectivity index (χ4v) is 3.90. The Morgan fingerprint density at radius 2 is 1.42 bits per heavy atom. The van der Waals surface area contributed by atoms with E-state index in [4.69, 9.17) is 0 Å². The number of rotatable bonds is 4. The summed E-state index contributed by atoms with van der Waals surface area (Å²) < 4.78 is 2.44. The van der Waals surface area contributed by atoms with Crippen molar-refractivity contribution in [3.05, 3.63) is 69.3 Å². The van der Waals surface area contributed by atoms with Gasteiger partial charge >= 0.3 is 0 Å². The summed E-state index contributed by atoms with van der Waals surface area (Å²) in [5.74, 6) is 0. The van der Waals surface area contributed by atoms with Crippen LogP contribution in [0.1, 0.15) is 38.9 Å². The maximum Gasteiger partial charge on any atom is 0.234 e. The van der Waals surface area contributed by atoms with Crippen LogP contribution in [0.5, 0.6) is 0 Å². The van der Waals surface area contributed by atoms with Crippen molar-refractivity contribution in [2.75, 3.05) is 13.1 Å². The fourth-order valence-electron chi connectivity index (χ4n) is 3.90. The maximum absolute atomic E-state index is 2.45. The monoisotopic (exact) mass is 321 g/mol. The summed E-state index contributed by atoms with van der Waals surface area (Å²) in [7, 11) is 0. The molecule has 1 aliphatic rings. The Morgan fingerprint density at radius 3 is 2.04 bits per heavy atom. The van der Waals surface area contributed by atoms with Gasteiger partial charge in [0.05, 0.1) is 0 Å². The summed E-state index contributed by atoms with van der Waals surface area (Å²) in [6.45, 7) is 15.2. The second kappa shape index (κ2) is 6.80. The second-order valence-electron chi connectivity index (χ2n) is 7.43. The Bertz CT molecular complexity index is 743. The van der Waals surface area contributed by atoms with E-state index in [1.165, 1.54) is 38.9 Å². The number of aryl methyl sites for hydroxylation is 5. The van der Waals surface area contributed by atoms with Gasteiger partial charge in [-0.05, 0) is 56.9 Å². The minimum absolute atomic E-state index is 1.00. The van der Waals surface area contributed by atoms with E-state index >= 15 is 0 Å². The van der Waals surface area contributed by atoms with Gasteiger partial charge in [0.25, 0.3) is 0 Å². The van der Waals surface area contributed by atoms with E-state index in [0.29, 0.717) is 0 Å². The van der Waals surface area contributed by atoms with Crippen molar-refractivity contribution in [3.63, 3.8) is 0 Å². The van der Waals surface area contributed by atoms with Crippen molar-refractivity contribution in [2.45, 2.75) is 47.7 Å². The zero-order valence-electron chi connectivity index (χ0n) is 15.7. The second-order valence-corrected chi connectivity index (χ2v) is 7.43. The molecule has 1 aliphatic heterocycles. The molecule has 0 radical (unpaired) electrons. The van der Waals surface area contributed by atoms with Crippen LogP contribution in [0, 0.1) is 34.6 Å². The molecular weight excluding hydrogens is 292 g/mol. The topological polar surface area (TPSA) is 6.25 Å². The van der Waals surface area contributed by atoms with Crippen LogP contribution < -0.4 is 0 Å². The zero-order chi connectivity index (χ0) is 17.3. The fraction of sp³-hybridized carbons (Fsp3) is 0.409. The van der Waals surface area contributed by atoms with Gasteiger partial charge in [-0.15, -0.1) is 0 Å². The predicted molar refractivity (Wildman–Crippen MR) is 102 cm³/mol. The third-order valence-corrected chi connectivity index (χ3v) is 4.87. The third-order valence-electron chi connectivity index (χ3n) is 4.87. The largest absolute Gasteiger partial charge is 0.260 e. The first-order valence-electron chi connectivity index (χ1n) is 8.88. The molecule has 0 unspecified atom stereocenters. The summed E-state index contributed by atoms with van der Waals surface area (Å²) in [4.78, 5) is 2.45. The lowest BCUT2D eigenvalue weighted by Crippen LogP contribution is -2.20. The van der Waals surface area contributed by atoms with E-state index in [1.54, 1.807) is 0 Å². The molecule has 0 fully saturated rings. The first-order chi connectivity index (χ1) is 11.4. The SMILES string of the molecule is Cc1cc(C)cc(C[N+]2=CN(Cc3c(C)cc(C)cc3C)CC2)c1. The Hall–Kier alpha value is -2.09. The van der Waals surface area contributed by atoms with Crippen LogP contribution in [0.15, 0.2) is 30.3 Å². The van der Waals surface area contributed by atoms with Crippen molar-refractivity contribution in [2.24, 2.45) is 0 Å². The molecular formula is C22H29N2+. The standard InChI is InChI=1S/C22H29N2/c1-16-8-17(2)12-21(11-16)13-23-6-7-24(15-23)14-22-19(4)9-18(3)10-20(22)5/h8-12,15H,6-7,13-14H2,1-5H3/q+1. The van der Waals surface area contributed by atoms with Gasteiger partial charge in [0, 0.05) is 0 Å². The molecule has 0 saturated heterocycles. The number of benzene rings is 2. The van der Waals surface area contributed by atoms with Gasteiger partial charge in [0.1, 0.15) is 26.2 Å². The lowest BCUT2D eigenvalue weighted by Gasteiger charge is -2.13. The highest BCUT2D eigenvalue weighted by Crippen LogP contribution is 2.19. The normalized spacial score (nSPS) is 14.2. The molecule has 2 aromatic rings. The first-order valence-corrected chi connectivity index (χ1v) is 8.88. The van der Waals surface area contributed by atoms with Crippen molar-refractivity contribution in [1.29, 1.82) is 0 Å². The highest BCUT2D eigenvalue weighted by Gasteiger charge is 2.21. The molecule has 0 N–H and O–H groups in total. The molecule has 0 aromatic heterocycles. The summed E-state index contributed by atoms with van der Waals surface area (Å²) in [5, 5.41) is 0. The molecule has 24 heavy (non-hydrogen) atoms. The Morgan fingerprint density at radius 1 is 0.833 bits per heavy atom. The highest BCUT2D eigenvalue weighted by atomic mass is 15.3. The summed E-state index contributed by atoms with van der Waals surface area (Å²) in [6, 6.07) is 11.4. The number of nitrogens with zero attached hydrogens (tertiary/aromatic N) is 2. The molecule has 0 spiro atoms. The van der Waals surface area contributed by atoms with Gasteiger partial charge in [-0.1, -0.05) is 47.0 Å². The van der Waals surface area contributed by atoms with Crippen LogP contribution in [-0.2, 0) is 13.1 Å². The molecule has 0 aliphatic carbocycles. The molecule has 0 amide bonds. The molecule has 0 saturated carbocycles. The lowest BCUT2D eigenvalue weighted by molar-refractivity contribution is -0.530. The van der Waals surface area contributed by atoms with Crippen molar-refractivity contribution in [1.82, 2.24) is 4.90 Å². The molecule has 0 atom stereocenters. The van der Waals surface area contributed by atoms with Gasteiger partial charge in [-0.2, -0.15) is 0 Å². The van der Waals surface area contributed by atoms with Crippen LogP contribution in [0.3, 0.4) is 0 Å². The number of hydrogen-bond acceptors (Lipinski definition) is 1. The summed E-state index contributed by atoms with van der Waals surface area (Å²) >= 11 is 0. The molecule has 3 rings (SSSR count). The van der Waals surface area contributed by atoms with Crippen LogP contribution in [-0.4, -0.2) is 28.9 Å². The smallest absolute Gasteiger partial charge is 0.234 e. The summed E-state index contributed by atoms with van der Waals surface area (Å²) in [6.07, 6.45) is 2.32. The Labute approximate surface area is 146 Å². The van der Waals surface area contributed by atoms with Gasteiger partial charge in [0.2, 0.25) is 6.34 Å². The molecule has 126 valence electrons. The minimum Gasteiger partial charge on any atom is -0.260 e. The number of hydrogen-bond donors (Lipinski definition) is 0. The summed E-state index contributed by atoms with van der Waals surface area (Å²) in [5.41, 5.74) is 9.77. The average Bonchev–Trinajstić information content (AvgIpc) is 2.89. The van der Waals surface area contributed by atoms with Gasteiger partial charge in [0.15, 0.2) is 0 Å².